The van der Waals surface area contributed by atoms with E-state index in [1.165, 1.54) is 25.7 Å². The molecule has 0 radical (unpaired) electrons. The fraction of sp³-hybridized carbons (Fsp3) is 0.423. The molecule has 4 rings (SSSR count). The van der Waals surface area contributed by atoms with Crippen LogP contribution >= 0.6 is 0 Å². The van der Waals surface area contributed by atoms with Crippen LogP contribution in [0.5, 0.6) is 11.5 Å². The molecule has 1 heterocycles. The Hall–Kier alpha value is -3.55. The average molecular weight is 463 g/mol. The number of anilines is 3. The van der Waals surface area contributed by atoms with Crippen LogP contribution in [0.15, 0.2) is 48.5 Å². The molecule has 2 aromatic carbocycles. The first-order valence-corrected chi connectivity index (χ1v) is 12.0. The van der Waals surface area contributed by atoms with Gasteiger partial charge in [0.25, 0.3) is 0 Å². The highest BCUT2D eigenvalue weighted by molar-refractivity contribution is 5.44. The number of nitrogens with zero attached hydrogens (tertiary/aromatic N) is 3. The Morgan fingerprint density at radius 2 is 1.09 bits per heavy atom. The molecule has 1 aromatic heterocycles. The van der Waals surface area contributed by atoms with Crippen LogP contribution < -0.4 is 25.4 Å². The molecule has 180 valence electrons. The predicted molar refractivity (Wildman–Crippen MR) is 136 cm³/mol. The van der Waals surface area contributed by atoms with Crippen molar-refractivity contribution in [2.45, 2.75) is 57.7 Å². The Balaban J connectivity index is 1.46. The Kier molecular flexibility index (Phi) is 8.38. The van der Waals surface area contributed by atoms with Gasteiger partial charge in [0, 0.05) is 19.1 Å². The second kappa shape index (κ2) is 12.1. The topological polar surface area (TPSA) is 93.2 Å². The fourth-order valence-electron chi connectivity index (χ4n) is 4.05. The van der Waals surface area contributed by atoms with Gasteiger partial charge in [-0.2, -0.15) is 15.0 Å². The summed E-state index contributed by atoms with van der Waals surface area (Å²) in [4.78, 5) is 13.9. The number of nitrogens with one attached hydrogen (secondary N) is 3. The number of ether oxygens (including phenoxy) is 2. The van der Waals surface area contributed by atoms with Crippen LogP contribution in [0.1, 0.15) is 49.7 Å². The van der Waals surface area contributed by atoms with Gasteiger partial charge in [0.2, 0.25) is 17.8 Å². The monoisotopic (exact) mass is 462 g/mol. The van der Waals surface area contributed by atoms with E-state index >= 15 is 0 Å². The van der Waals surface area contributed by atoms with E-state index in [1.54, 1.807) is 14.2 Å². The van der Waals surface area contributed by atoms with Crippen molar-refractivity contribution in [3.63, 3.8) is 0 Å². The Morgan fingerprint density at radius 3 is 1.53 bits per heavy atom. The van der Waals surface area contributed by atoms with E-state index in [-0.39, 0.29) is 0 Å². The van der Waals surface area contributed by atoms with E-state index in [1.807, 2.05) is 48.5 Å². The number of methoxy groups -OCH3 is 2. The summed E-state index contributed by atoms with van der Waals surface area (Å²) in [6.07, 6.45) is 7.39. The van der Waals surface area contributed by atoms with Crippen molar-refractivity contribution in [3.05, 3.63) is 59.7 Å². The van der Waals surface area contributed by atoms with Gasteiger partial charge in [0.05, 0.1) is 14.2 Å². The molecule has 0 unspecified atom stereocenters. The molecule has 3 aromatic rings. The first-order valence-electron chi connectivity index (χ1n) is 12.0. The third kappa shape index (κ3) is 6.97. The highest BCUT2D eigenvalue weighted by Crippen LogP contribution is 2.21. The number of hydrogen-bond donors (Lipinski definition) is 3. The summed E-state index contributed by atoms with van der Waals surface area (Å²) in [6, 6.07) is 16.3. The molecule has 0 aliphatic heterocycles. The van der Waals surface area contributed by atoms with E-state index in [0.29, 0.717) is 37.0 Å². The minimum absolute atomic E-state index is 0.397. The van der Waals surface area contributed by atoms with Crippen LogP contribution in [-0.2, 0) is 13.1 Å². The molecule has 0 saturated heterocycles. The summed E-state index contributed by atoms with van der Waals surface area (Å²) in [5.74, 6) is 3.36. The molecule has 8 nitrogen and oxygen atoms in total. The highest BCUT2D eigenvalue weighted by atomic mass is 16.5. The molecule has 1 fully saturated rings. The maximum Gasteiger partial charge on any atom is 0.229 e. The normalized spacial score (nSPS) is 14.2. The molecule has 1 aliphatic carbocycles. The summed E-state index contributed by atoms with van der Waals surface area (Å²) in [7, 11) is 3.34. The van der Waals surface area contributed by atoms with Crippen molar-refractivity contribution >= 4 is 17.8 Å². The van der Waals surface area contributed by atoms with Gasteiger partial charge < -0.3 is 25.4 Å². The maximum atomic E-state index is 5.24. The van der Waals surface area contributed by atoms with Gasteiger partial charge >= 0.3 is 0 Å². The average Bonchev–Trinajstić information content (AvgIpc) is 3.15. The molecule has 0 bridgehead atoms. The van der Waals surface area contributed by atoms with Crippen LogP contribution in [0.25, 0.3) is 0 Å². The molecule has 1 aliphatic rings. The largest absolute Gasteiger partial charge is 0.497 e. The highest BCUT2D eigenvalue weighted by Gasteiger charge is 2.15. The fourth-order valence-corrected chi connectivity index (χ4v) is 4.05. The predicted octanol–water partition coefficient (Wildman–Crippen LogP) is 5.25. The molecule has 0 spiro atoms. The van der Waals surface area contributed by atoms with Gasteiger partial charge in [-0.15, -0.1) is 0 Å². The summed E-state index contributed by atoms with van der Waals surface area (Å²) >= 11 is 0. The van der Waals surface area contributed by atoms with Crippen LogP contribution in [0.2, 0.25) is 0 Å². The summed E-state index contributed by atoms with van der Waals surface area (Å²) in [6.45, 7) is 1.21. The Labute approximate surface area is 201 Å². The molecule has 8 heteroatoms. The van der Waals surface area contributed by atoms with Crippen molar-refractivity contribution in [3.8, 4) is 11.5 Å². The summed E-state index contributed by atoms with van der Waals surface area (Å²) in [5.41, 5.74) is 2.24. The molecule has 3 N–H and O–H groups in total. The lowest BCUT2D eigenvalue weighted by Crippen LogP contribution is -2.21. The number of aromatic nitrogens is 3. The standard InChI is InChI=1S/C26H34N6O2/c1-33-22-13-9-19(10-14-22)17-27-24-30-25(28-18-20-11-15-23(34-2)16-12-20)32-26(31-24)29-21-7-5-3-4-6-8-21/h9-16,21H,3-8,17-18H2,1-2H3,(H3,27,28,29,30,31,32). The van der Waals surface area contributed by atoms with Gasteiger partial charge in [-0.05, 0) is 48.2 Å². The van der Waals surface area contributed by atoms with Gasteiger partial charge in [0.15, 0.2) is 0 Å². The molecule has 0 atom stereocenters. The second-order valence-corrected chi connectivity index (χ2v) is 8.54. The van der Waals surface area contributed by atoms with Gasteiger partial charge in [-0.1, -0.05) is 49.9 Å². The first-order chi connectivity index (χ1) is 16.7. The lowest BCUT2D eigenvalue weighted by atomic mass is 10.1. The van der Waals surface area contributed by atoms with E-state index in [2.05, 4.69) is 30.9 Å². The van der Waals surface area contributed by atoms with E-state index in [0.717, 1.165) is 35.5 Å². The van der Waals surface area contributed by atoms with Crippen LogP contribution in [0.3, 0.4) is 0 Å². The maximum absolute atomic E-state index is 5.24. The lowest BCUT2D eigenvalue weighted by Gasteiger charge is -2.17. The quantitative estimate of drug-likeness (QED) is 0.352. The van der Waals surface area contributed by atoms with Gasteiger partial charge in [-0.25, -0.2) is 0 Å². The zero-order valence-electron chi connectivity index (χ0n) is 20.0. The minimum atomic E-state index is 0.397. The molecule has 1 saturated carbocycles. The summed E-state index contributed by atoms with van der Waals surface area (Å²) in [5, 5.41) is 10.2. The van der Waals surface area contributed by atoms with E-state index in [4.69, 9.17) is 9.47 Å². The third-order valence-corrected chi connectivity index (χ3v) is 6.04. The van der Waals surface area contributed by atoms with Crippen molar-refractivity contribution in [2.75, 3.05) is 30.2 Å². The van der Waals surface area contributed by atoms with Crippen LogP contribution in [0.4, 0.5) is 17.8 Å². The van der Waals surface area contributed by atoms with Crippen molar-refractivity contribution in [2.24, 2.45) is 0 Å². The smallest absolute Gasteiger partial charge is 0.229 e. The second-order valence-electron chi connectivity index (χ2n) is 8.54. The van der Waals surface area contributed by atoms with Crippen molar-refractivity contribution < 1.29 is 9.47 Å². The van der Waals surface area contributed by atoms with Crippen LogP contribution in [-0.4, -0.2) is 35.2 Å². The number of benzene rings is 2. The first kappa shape index (κ1) is 23.6. The minimum Gasteiger partial charge on any atom is -0.497 e. The third-order valence-electron chi connectivity index (χ3n) is 6.04. The zero-order valence-corrected chi connectivity index (χ0v) is 20.0. The van der Waals surface area contributed by atoms with E-state index in [9.17, 15) is 0 Å². The lowest BCUT2D eigenvalue weighted by molar-refractivity contribution is 0.414. The number of hydrogen-bond acceptors (Lipinski definition) is 8. The van der Waals surface area contributed by atoms with Gasteiger partial charge in [-0.3, -0.25) is 0 Å². The van der Waals surface area contributed by atoms with Crippen LogP contribution in [0, 0.1) is 0 Å². The SMILES string of the molecule is COc1ccc(CNc2nc(NCc3ccc(OC)cc3)nc(NC3CCCCCC3)n2)cc1. The molecule has 34 heavy (non-hydrogen) atoms. The number of rotatable bonds is 10. The molecular formula is C26H34N6O2. The summed E-state index contributed by atoms with van der Waals surface area (Å²) < 4.78 is 10.5. The van der Waals surface area contributed by atoms with Crippen molar-refractivity contribution in [1.29, 1.82) is 0 Å². The molecule has 0 amide bonds. The Bertz CT molecular complexity index is 949. The van der Waals surface area contributed by atoms with Crippen molar-refractivity contribution in [1.82, 2.24) is 15.0 Å². The van der Waals surface area contributed by atoms with Gasteiger partial charge in [0.1, 0.15) is 11.5 Å². The van der Waals surface area contributed by atoms with E-state index < -0.39 is 0 Å². The molecular weight excluding hydrogens is 428 g/mol. The Morgan fingerprint density at radius 1 is 0.647 bits per heavy atom. The zero-order chi connectivity index (χ0) is 23.6.